The Labute approximate surface area is 106 Å². The molecule has 2 rings (SSSR count). The lowest BCUT2D eigenvalue weighted by Gasteiger charge is -2.20. The van der Waals surface area contributed by atoms with Crippen molar-refractivity contribution in [2.45, 2.75) is 46.6 Å². The first-order chi connectivity index (χ1) is 8.03. The molecular weight excluding hydrogens is 206 g/mol. The van der Waals surface area contributed by atoms with Gasteiger partial charge in [0.1, 0.15) is 0 Å². The molecule has 1 N–H and O–H groups in total. The van der Waals surface area contributed by atoms with E-state index in [2.05, 4.69) is 57.3 Å². The summed E-state index contributed by atoms with van der Waals surface area (Å²) in [6, 6.07) is 9.57. The normalized spacial score (nSPS) is 23.4. The summed E-state index contributed by atoms with van der Waals surface area (Å²) in [5, 5.41) is 3.67. The largest absolute Gasteiger partial charge is 0.314 e. The highest BCUT2D eigenvalue weighted by Gasteiger charge is 2.49. The van der Waals surface area contributed by atoms with Gasteiger partial charge < -0.3 is 5.32 Å². The molecule has 0 spiro atoms. The Morgan fingerprint density at radius 1 is 1.41 bits per heavy atom. The van der Waals surface area contributed by atoms with Crippen LogP contribution in [0.25, 0.3) is 0 Å². The van der Waals surface area contributed by atoms with Gasteiger partial charge in [-0.05, 0) is 43.2 Å². The van der Waals surface area contributed by atoms with Crippen molar-refractivity contribution in [1.82, 2.24) is 5.32 Å². The van der Waals surface area contributed by atoms with Gasteiger partial charge >= 0.3 is 0 Å². The van der Waals surface area contributed by atoms with Crippen LogP contribution in [0.4, 0.5) is 0 Å². The second-order valence-corrected chi connectivity index (χ2v) is 6.16. The molecule has 1 saturated carbocycles. The van der Waals surface area contributed by atoms with E-state index in [1.165, 1.54) is 24.0 Å². The number of nitrogens with one attached hydrogen (secondary N) is 1. The molecule has 0 bridgehead atoms. The van der Waals surface area contributed by atoms with Crippen molar-refractivity contribution < 1.29 is 0 Å². The summed E-state index contributed by atoms with van der Waals surface area (Å²) < 4.78 is 0. The first kappa shape index (κ1) is 12.6. The molecule has 1 aliphatic rings. The molecule has 1 aromatic carbocycles. The quantitative estimate of drug-likeness (QED) is 0.817. The third-order valence-corrected chi connectivity index (χ3v) is 4.08. The summed E-state index contributed by atoms with van der Waals surface area (Å²) in [5.41, 5.74) is 3.39. The van der Waals surface area contributed by atoms with E-state index >= 15 is 0 Å². The van der Waals surface area contributed by atoms with E-state index in [-0.39, 0.29) is 0 Å². The molecule has 0 saturated heterocycles. The average molecular weight is 231 g/mol. The highest BCUT2D eigenvalue weighted by atomic mass is 14.9. The number of hydrogen-bond acceptors (Lipinski definition) is 1. The molecule has 17 heavy (non-hydrogen) atoms. The van der Waals surface area contributed by atoms with Crippen molar-refractivity contribution in [3.05, 3.63) is 35.4 Å². The molecule has 0 radical (unpaired) electrons. The van der Waals surface area contributed by atoms with Crippen LogP contribution in [0.2, 0.25) is 0 Å². The molecule has 1 aliphatic carbocycles. The molecule has 1 aromatic rings. The minimum Gasteiger partial charge on any atom is -0.314 e. The summed E-state index contributed by atoms with van der Waals surface area (Å²) in [7, 11) is 0. The van der Waals surface area contributed by atoms with Crippen molar-refractivity contribution in [2.24, 2.45) is 11.3 Å². The third-order valence-electron chi connectivity index (χ3n) is 4.08. The molecule has 0 aromatic heterocycles. The van der Waals surface area contributed by atoms with Gasteiger partial charge in [0.25, 0.3) is 0 Å². The lowest BCUT2D eigenvalue weighted by Crippen LogP contribution is -2.34. The molecule has 1 heteroatoms. The molecule has 94 valence electrons. The maximum Gasteiger partial charge on any atom is 0.0141 e. The van der Waals surface area contributed by atoms with E-state index in [1.54, 1.807) is 0 Å². The summed E-state index contributed by atoms with van der Waals surface area (Å²) in [6.45, 7) is 10.2. The van der Waals surface area contributed by atoms with Crippen LogP contribution in [0.5, 0.6) is 0 Å². The lowest BCUT2D eigenvalue weighted by molar-refractivity contribution is 0.409. The van der Waals surface area contributed by atoms with Crippen LogP contribution < -0.4 is 5.32 Å². The standard InChI is InChI=1S/C16H25N/c1-5-17-15(14-11-16(14,3)4)10-13-8-6-7-12(2)9-13/h6-9,14-15,17H,5,10-11H2,1-4H3. The molecule has 0 aliphatic heterocycles. The van der Waals surface area contributed by atoms with Crippen LogP contribution in [-0.4, -0.2) is 12.6 Å². The summed E-state index contributed by atoms with van der Waals surface area (Å²) in [6.07, 6.45) is 2.54. The Balaban J connectivity index is 2.03. The minimum atomic E-state index is 0.552. The lowest BCUT2D eigenvalue weighted by atomic mass is 9.96. The fourth-order valence-corrected chi connectivity index (χ4v) is 2.91. The maximum absolute atomic E-state index is 3.67. The highest BCUT2D eigenvalue weighted by molar-refractivity contribution is 5.23. The summed E-state index contributed by atoms with van der Waals surface area (Å²) >= 11 is 0. The number of likely N-dealkylation sites (N-methyl/N-ethyl adjacent to an activating group) is 1. The molecule has 1 fully saturated rings. The molecule has 0 amide bonds. The van der Waals surface area contributed by atoms with Gasteiger partial charge in [-0.1, -0.05) is 50.6 Å². The van der Waals surface area contributed by atoms with Gasteiger partial charge in [0.15, 0.2) is 0 Å². The Bertz CT molecular complexity index is 381. The SMILES string of the molecule is CCNC(Cc1cccc(C)c1)C1CC1(C)C. The number of hydrogen-bond donors (Lipinski definition) is 1. The fraction of sp³-hybridized carbons (Fsp3) is 0.625. The Kier molecular flexibility index (Phi) is 3.58. The van der Waals surface area contributed by atoms with E-state index < -0.39 is 0 Å². The third kappa shape index (κ3) is 3.10. The topological polar surface area (TPSA) is 12.0 Å². The summed E-state index contributed by atoms with van der Waals surface area (Å²) in [4.78, 5) is 0. The smallest absolute Gasteiger partial charge is 0.0141 e. The fourth-order valence-electron chi connectivity index (χ4n) is 2.91. The minimum absolute atomic E-state index is 0.552. The predicted octanol–water partition coefficient (Wildman–Crippen LogP) is 3.56. The first-order valence-electron chi connectivity index (χ1n) is 6.82. The van der Waals surface area contributed by atoms with Gasteiger partial charge in [-0.3, -0.25) is 0 Å². The Morgan fingerprint density at radius 3 is 2.65 bits per heavy atom. The molecule has 2 atom stereocenters. The summed E-state index contributed by atoms with van der Waals surface area (Å²) in [5.74, 6) is 0.850. The van der Waals surface area contributed by atoms with Gasteiger partial charge in [-0.2, -0.15) is 0 Å². The molecule has 0 heterocycles. The zero-order valence-corrected chi connectivity index (χ0v) is 11.6. The highest BCUT2D eigenvalue weighted by Crippen LogP contribution is 2.54. The van der Waals surface area contributed by atoms with Crippen LogP contribution >= 0.6 is 0 Å². The van der Waals surface area contributed by atoms with Crippen molar-refractivity contribution in [3.8, 4) is 0 Å². The number of benzene rings is 1. The zero-order chi connectivity index (χ0) is 12.5. The van der Waals surface area contributed by atoms with E-state index in [4.69, 9.17) is 0 Å². The van der Waals surface area contributed by atoms with Gasteiger partial charge in [-0.25, -0.2) is 0 Å². The second kappa shape index (κ2) is 4.81. The van der Waals surface area contributed by atoms with Crippen molar-refractivity contribution in [2.75, 3.05) is 6.54 Å². The van der Waals surface area contributed by atoms with Gasteiger partial charge in [0.05, 0.1) is 0 Å². The predicted molar refractivity (Wildman–Crippen MR) is 74.2 cm³/mol. The van der Waals surface area contributed by atoms with Crippen molar-refractivity contribution >= 4 is 0 Å². The Hall–Kier alpha value is -0.820. The van der Waals surface area contributed by atoms with Crippen LogP contribution in [0.15, 0.2) is 24.3 Å². The van der Waals surface area contributed by atoms with Crippen LogP contribution in [-0.2, 0) is 6.42 Å². The van der Waals surface area contributed by atoms with Crippen molar-refractivity contribution in [3.63, 3.8) is 0 Å². The zero-order valence-electron chi connectivity index (χ0n) is 11.6. The van der Waals surface area contributed by atoms with E-state index in [0.717, 1.165) is 12.5 Å². The number of aryl methyl sites for hydroxylation is 1. The van der Waals surface area contributed by atoms with Gasteiger partial charge in [0.2, 0.25) is 0 Å². The Morgan fingerprint density at radius 2 is 2.12 bits per heavy atom. The van der Waals surface area contributed by atoms with E-state index in [9.17, 15) is 0 Å². The molecular formula is C16H25N. The number of rotatable bonds is 5. The van der Waals surface area contributed by atoms with Crippen molar-refractivity contribution in [1.29, 1.82) is 0 Å². The van der Waals surface area contributed by atoms with E-state index in [1.807, 2.05) is 0 Å². The monoisotopic (exact) mass is 231 g/mol. The van der Waals surface area contributed by atoms with Gasteiger partial charge in [-0.15, -0.1) is 0 Å². The van der Waals surface area contributed by atoms with Gasteiger partial charge in [0, 0.05) is 6.04 Å². The molecule has 1 nitrogen and oxygen atoms in total. The molecule has 2 unspecified atom stereocenters. The maximum atomic E-state index is 3.67. The van der Waals surface area contributed by atoms with Crippen LogP contribution in [0, 0.1) is 18.3 Å². The average Bonchev–Trinajstić information content (AvgIpc) is 2.87. The van der Waals surface area contributed by atoms with E-state index in [0.29, 0.717) is 11.5 Å². The van der Waals surface area contributed by atoms with Crippen LogP contribution in [0.1, 0.15) is 38.3 Å². The second-order valence-electron chi connectivity index (χ2n) is 6.16. The van der Waals surface area contributed by atoms with Crippen LogP contribution in [0.3, 0.4) is 0 Å². The first-order valence-corrected chi connectivity index (χ1v) is 6.82.